The minimum Gasteiger partial charge on any atom is -0.351 e. The Labute approximate surface area is 78.6 Å². The first-order valence-electron chi connectivity index (χ1n) is 4.22. The molecule has 4 nitrogen and oxygen atoms in total. The predicted molar refractivity (Wildman–Crippen MR) is 50.0 cm³/mol. The molecule has 0 radical (unpaired) electrons. The van der Waals surface area contributed by atoms with Crippen LogP contribution in [0.2, 0.25) is 0 Å². The summed E-state index contributed by atoms with van der Waals surface area (Å²) >= 11 is 0. The van der Waals surface area contributed by atoms with Gasteiger partial charge in [0.2, 0.25) is 5.91 Å². The first kappa shape index (κ1) is 10.5. The fourth-order valence-electron chi connectivity index (χ4n) is 1.19. The van der Waals surface area contributed by atoms with Gasteiger partial charge in [0.25, 0.3) is 0 Å². The normalized spacial score (nSPS) is 22.1. The quantitative estimate of drug-likeness (QED) is 0.652. The first-order chi connectivity index (χ1) is 5.70. The average Bonchev–Trinajstić information content (AvgIpc) is 1.77. The molecule has 76 valence electrons. The SMILES string of the molecule is CC(C)(C)NC(=O)C1CS(=O)(=O)C1. The number of hydrogen-bond donors (Lipinski definition) is 1. The number of carbonyl (C=O) groups excluding carboxylic acids is 1. The van der Waals surface area contributed by atoms with E-state index in [1.54, 1.807) is 0 Å². The number of nitrogens with one attached hydrogen (secondary N) is 1. The summed E-state index contributed by atoms with van der Waals surface area (Å²) in [7, 11) is -2.89. The molecule has 1 saturated heterocycles. The van der Waals surface area contributed by atoms with Crippen LogP contribution in [0.25, 0.3) is 0 Å². The number of amides is 1. The van der Waals surface area contributed by atoms with Gasteiger partial charge in [-0.05, 0) is 20.8 Å². The lowest BCUT2D eigenvalue weighted by Gasteiger charge is -2.29. The van der Waals surface area contributed by atoms with Gasteiger partial charge >= 0.3 is 0 Å². The van der Waals surface area contributed by atoms with E-state index in [-0.39, 0.29) is 28.9 Å². The highest BCUT2D eigenvalue weighted by molar-refractivity contribution is 7.92. The van der Waals surface area contributed by atoms with Gasteiger partial charge in [-0.3, -0.25) is 4.79 Å². The Bertz CT molecular complexity index is 301. The zero-order valence-corrected chi connectivity index (χ0v) is 8.94. The molecule has 5 heteroatoms. The van der Waals surface area contributed by atoms with Crippen LogP contribution in [0.4, 0.5) is 0 Å². The molecule has 1 amide bonds. The second-order valence-corrected chi connectivity index (χ2v) is 6.67. The van der Waals surface area contributed by atoms with Crippen LogP contribution in [0, 0.1) is 5.92 Å². The van der Waals surface area contributed by atoms with Crippen molar-refractivity contribution in [3.05, 3.63) is 0 Å². The lowest BCUT2D eigenvalue weighted by atomic mass is 10.1. The fourth-order valence-corrected chi connectivity index (χ4v) is 2.62. The highest BCUT2D eigenvalue weighted by atomic mass is 32.2. The smallest absolute Gasteiger partial charge is 0.225 e. The summed E-state index contributed by atoms with van der Waals surface area (Å²) in [6, 6.07) is 0. The second kappa shape index (κ2) is 2.97. The molecule has 0 bridgehead atoms. The van der Waals surface area contributed by atoms with Crippen LogP contribution >= 0.6 is 0 Å². The molecule has 1 aliphatic heterocycles. The van der Waals surface area contributed by atoms with Crippen LogP contribution in [0.3, 0.4) is 0 Å². The Kier molecular flexibility index (Phi) is 2.40. The van der Waals surface area contributed by atoms with Crippen molar-refractivity contribution in [1.29, 1.82) is 0 Å². The molecule has 1 N–H and O–H groups in total. The van der Waals surface area contributed by atoms with Crippen molar-refractivity contribution in [3.63, 3.8) is 0 Å². The molecule has 0 aromatic carbocycles. The van der Waals surface area contributed by atoms with Gasteiger partial charge in [0.1, 0.15) is 0 Å². The van der Waals surface area contributed by atoms with Crippen molar-refractivity contribution >= 4 is 15.7 Å². The Balaban J connectivity index is 2.45. The minimum atomic E-state index is -2.89. The van der Waals surface area contributed by atoms with Gasteiger partial charge < -0.3 is 5.32 Å². The molecule has 1 heterocycles. The van der Waals surface area contributed by atoms with E-state index in [1.165, 1.54) is 0 Å². The van der Waals surface area contributed by atoms with Gasteiger partial charge in [0.05, 0.1) is 17.4 Å². The van der Waals surface area contributed by atoms with E-state index in [9.17, 15) is 13.2 Å². The lowest BCUT2D eigenvalue weighted by molar-refractivity contribution is -0.125. The largest absolute Gasteiger partial charge is 0.351 e. The van der Waals surface area contributed by atoms with E-state index in [4.69, 9.17) is 0 Å². The van der Waals surface area contributed by atoms with Crippen molar-refractivity contribution in [3.8, 4) is 0 Å². The lowest BCUT2D eigenvalue weighted by Crippen LogP contribution is -2.51. The molecule has 0 atom stereocenters. The van der Waals surface area contributed by atoms with E-state index < -0.39 is 9.84 Å². The summed E-state index contributed by atoms with van der Waals surface area (Å²) in [5.74, 6) is -0.462. The summed E-state index contributed by atoms with van der Waals surface area (Å²) in [4.78, 5) is 11.4. The zero-order chi connectivity index (χ0) is 10.3. The van der Waals surface area contributed by atoms with Gasteiger partial charge in [-0.15, -0.1) is 0 Å². The average molecular weight is 205 g/mol. The number of carbonyl (C=O) groups is 1. The van der Waals surface area contributed by atoms with Crippen molar-refractivity contribution in [1.82, 2.24) is 5.32 Å². The second-order valence-electron chi connectivity index (χ2n) is 4.51. The van der Waals surface area contributed by atoms with E-state index in [0.29, 0.717) is 0 Å². The van der Waals surface area contributed by atoms with Gasteiger partial charge in [-0.1, -0.05) is 0 Å². The monoisotopic (exact) mass is 205 g/mol. The predicted octanol–water partition coefficient (Wildman–Crippen LogP) is -0.0543. The molecule has 0 saturated carbocycles. The van der Waals surface area contributed by atoms with Gasteiger partial charge in [-0.25, -0.2) is 8.42 Å². The summed E-state index contributed by atoms with van der Waals surface area (Å²) < 4.78 is 21.6. The highest BCUT2D eigenvalue weighted by Crippen LogP contribution is 2.19. The van der Waals surface area contributed by atoms with E-state index in [2.05, 4.69) is 5.32 Å². The molecular formula is C8H15NO3S. The molecule has 0 aromatic heterocycles. The van der Waals surface area contributed by atoms with Gasteiger partial charge in [-0.2, -0.15) is 0 Å². The van der Waals surface area contributed by atoms with E-state index >= 15 is 0 Å². The number of sulfone groups is 1. The summed E-state index contributed by atoms with van der Waals surface area (Å²) in [6.45, 7) is 5.62. The van der Waals surface area contributed by atoms with Crippen LogP contribution < -0.4 is 5.32 Å². The molecule has 0 unspecified atom stereocenters. The van der Waals surface area contributed by atoms with E-state index in [1.807, 2.05) is 20.8 Å². The molecule has 1 fully saturated rings. The van der Waals surface area contributed by atoms with Crippen molar-refractivity contribution in [2.75, 3.05) is 11.5 Å². The third-order valence-corrected chi connectivity index (χ3v) is 3.60. The number of hydrogen-bond acceptors (Lipinski definition) is 3. The van der Waals surface area contributed by atoms with Crippen molar-refractivity contribution in [2.24, 2.45) is 5.92 Å². The zero-order valence-electron chi connectivity index (χ0n) is 8.12. The third kappa shape index (κ3) is 2.99. The molecular weight excluding hydrogens is 190 g/mol. The van der Waals surface area contributed by atoms with Crippen molar-refractivity contribution in [2.45, 2.75) is 26.3 Å². The Morgan fingerprint density at radius 2 is 1.77 bits per heavy atom. The maximum atomic E-state index is 11.4. The molecule has 13 heavy (non-hydrogen) atoms. The standard InChI is InChI=1S/C8H15NO3S/c1-8(2,3)9-7(10)6-4-13(11,12)5-6/h6H,4-5H2,1-3H3,(H,9,10). The molecule has 0 aromatic rings. The van der Waals surface area contributed by atoms with Crippen LogP contribution in [0.1, 0.15) is 20.8 Å². The molecule has 0 spiro atoms. The summed E-state index contributed by atoms with van der Waals surface area (Å²) in [5.41, 5.74) is -0.281. The van der Waals surface area contributed by atoms with Crippen molar-refractivity contribution < 1.29 is 13.2 Å². The maximum absolute atomic E-state index is 11.4. The van der Waals surface area contributed by atoms with Crippen LogP contribution in [-0.4, -0.2) is 31.4 Å². The third-order valence-electron chi connectivity index (χ3n) is 1.78. The summed E-state index contributed by atoms with van der Waals surface area (Å²) in [5, 5.41) is 2.76. The number of rotatable bonds is 1. The van der Waals surface area contributed by atoms with Gasteiger partial charge in [0, 0.05) is 5.54 Å². The van der Waals surface area contributed by atoms with Crippen LogP contribution in [0.5, 0.6) is 0 Å². The maximum Gasteiger partial charge on any atom is 0.225 e. The van der Waals surface area contributed by atoms with Crippen LogP contribution in [-0.2, 0) is 14.6 Å². The van der Waals surface area contributed by atoms with E-state index in [0.717, 1.165) is 0 Å². The molecule has 1 rings (SSSR count). The Hall–Kier alpha value is -0.580. The Morgan fingerprint density at radius 1 is 1.31 bits per heavy atom. The molecule has 1 aliphatic rings. The topological polar surface area (TPSA) is 63.2 Å². The van der Waals surface area contributed by atoms with Crippen LogP contribution in [0.15, 0.2) is 0 Å². The summed E-state index contributed by atoms with van der Waals surface area (Å²) in [6.07, 6.45) is 0. The highest BCUT2D eigenvalue weighted by Gasteiger charge is 2.39. The fraction of sp³-hybridized carbons (Fsp3) is 0.875. The Morgan fingerprint density at radius 3 is 2.08 bits per heavy atom. The minimum absolute atomic E-state index is 0.00884. The van der Waals surface area contributed by atoms with Gasteiger partial charge in [0.15, 0.2) is 9.84 Å². The first-order valence-corrected chi connectivity index (χ1v) is 6.04. The molecule has 0 aliphatic carbocycles.